The monoisotopic (exact) mass is 388 g/mol. The Hall–Kier alpha value is -1.96. The molecule has 0 fully saturated rings. The van der Waals surface area contributed by atoms with Gasteiger partial charge in [-0.25, -0.2) is 9.37 Å². The van der Waals surface area contributed by atoms with Crippen LogP contribution in [0.1, 0.15) is 36.1 Å². The van der Waals surface area contributed by atoms with E-state index in [0.29, 0.717) is 16.3 Å². The van der Waals surface area contributed by atoms with Crippen LogP contribution in [-0.2, 0) is 0 Å². The molecule has 3 nitrogen and oxygen atoms in total. The highest BCUT2D eigenvalue weighted by atomic mass is 32.1. The van der Waals surface area contributed by atoms with Crippen LogP contribution in [0.3, 0.4) is 0 Å². The van der Waals surface area contributed by atoms with Gasteiger partial charge in [0, 0.05) is 12.1 Å². The number of amides is 1. The third-order valence-electron chi connectivity index (χ3n) is 3.40. The van der Waals surface area contributed by atoms with Gasteiger partial charge in [-0.1, -0.05) is 20.8 Å². The maximum absolute atomic E-state index is 13.1. The largest absolute Gasteiger partial charge is 0.406 e. The molecule has 0 aliphatic heterocycles. The van der Waals surface area contributed by atoms with Crippen LogP contribution in [-0.4, -0.2) is 35.1 Å². The van der Waals surface area contributed by atoms with Gasteiger partial charge in [-0.15, -0.1) is 11.3 Å². The number of benzene rings is 1. The molecule has 1 aromatic heterocycles. The first-order valence-corrected chi connectivity index (χ1v) is 8.77. The molecule has 0 unspecified atom stereocenters. The topological polar surface area (TPSA) is 33.2 Å². The van der Waals surface area contributed by atoms with E-state index in [0.717, 1.165) is 16.2 Å². The van der Waals surface area contributed by atoms with Gasteiger partial charge in [-0.2, -0.15) is 13.2 Å². The van der Waals surface area contributed by atoms with Crippen molar-refractivity contribution in [2.24, 2.45) is 5.41 Å². The summed E-state index contributed by atoms with van der Waals surface area (Å²) < 4.78 is 51.8. The molecule has 142 valence electrons. The molecule has 2 rings (SSSR count). The third-order valence-corrected chi connectivity index (χ3v) is 4.60. The summed E-state index contributed by atoms with van der Waals surface area (Å²) in [5.41, 5.74) is 0.483. The lowest BCUT2D eigenvalue weighted by Gasteiger charge is -2.30. The normalized spacial score (nSPS) is 12.3. The Morgan fingerprint density at radius 1 is 1.12 bits per heavy atom. The van der Waals surface area contributed by atoms with E-state index in [1.807, 2.05) is 0 Å². The van der Waals surface area contributed by atoms with Gasteiger partial charge in [0.1, 0.15) is 22.2 Å². The van der Waals surface area contributed by atoms with Crippen molar-refractivity contribution in [2.75, 3.05) is 13.1 Å². The van der Waals surface area contributed by atoms with Crippen molar-refractivity contribution in [1.82, 2.24) is 9.88 Å². The van der Waals surface area contributed by atoms with E-state index in [1.165, 1.54) is 24.3 Å². The quantitative estimate of drug-likeness (QED) is 0.665. The molecule has 2 aromatic rings. The molecular formula is C18H20F4N2OS. The SMILES string of the molecule is Cc1nc(-c2ccc(F)cc2)sc1C(=O)N(CC(C)(C)C)CC(F)(F)F. The molecular weight excluding hydrogens is 368 g/mol. The number of hydrogen-bond acceptors (Lipinski definition) is 3. The standard InChI is InChI=1S/C18H20F4N2OS/c1-11-14(26-15(23-11)12-5-7-13(19)8-6-12)16(25)24(9-17(2,3)4)10-18(20,21)22/h5-8H,9-10H2,1-4H3. The number of hydrogen-bond donors (Lipinski definition) is 0. The molecule has 1 heterocycles. The second-order valence-electron chi connectivity index (χ2n) is 7.28. The lowest BCUT2D eigenvalue weighted by Crippen LogP contribution is -2.43. The molecule has 0 saturated carbocycles. The minimum atomic E-state index is -4.49. The van der Waals surface area contributed by atoms with Crippen molar-refractivity contribution in [3.63, 3.8) is 0 Å². The molecule has 1 amide bonds. The molecule has 0 N–H and O–H groups in total. The third kappa shape index (κ3) is 5.52. The first-order valence-electron chi connectivity index (χ1n) is 7.95. The Morgan fingerprint density at radius 2 is 1.69 bits per heavy atom. The Kier molecular flexibility index (Phi) is 5.75. The maximum Gasteiger partial charge on any atom is 0.406 e. The van der Waals surface area contributed by atoms with Gasteiger partial charge < -0.3 is 4.90 Å². The van der Waals surface area contributed by atoms with Crippen LogP contribution < -0.4 is 0 Å². The van der Waals surface area contributed by atoms with Crippen LogP contribution in [0.15, 0.2) is 24.3 Å². The number of halogens is 4. The summed E-state index contributed by atoms with van der Waals surface area (Å²) >= 11 is 1.01. The van der Waals surface area contributed by atoms with E-state index < -0.39 is 29.9 Å². The van der Waals surface area contributed by atoms with E-state index in [9.17, 15) is 22.4 Å². The molecule has 0 bridgehead atoms. The second-order valence-corrected chi connectivity index (χ2v) is 8.28. The number of carbonyl (C=O) groups excluding carboxylic acids is 1. The number of alkyl halides is 3. The van der Waals surface area contributed by atoms with E-state index in [-0.39, 0.29) is 11.4 Å². The zero-order valence-corrected chi connectivity index (χ0v) is 15.8. The smallest absolute Gasteiger partial charge is 0.328 e. The fourth-order valence-corrected chi connectivity index (χ4v) is 3.48. The van der Waals surface area contributed by atoms with Gasteiger partial charge in [0.2, 0.25) is 0 Å². The zero-order valence-electron chi connectivity index (χ0n) is 14.9. The lowest BCUT2D eigenvalue weighted by atomic mass is 9.96. The summed E-state index contributed by atoms with van der Waals surface area (Å²) in [4.78, 5) is 18.0. The van der Waals surface area contributed by atoms with Gasteiger partial charge in [0.15, 0.2) is 0 Å². The highest BCUT2D eigenvalue weighted by Crippen LogP contribution is 2.31. The van der Waals surface area contributed by atoms with Gasteiger partial charge in [-0.3, -0.25) is 4.79 Å². The van der Waals surface area contributed by atoms with Crippen LogP contribution >= 0.6 is 11.3 Å². The average Bonchev–Trinajstić information content (AvgIpc) is 2.85. The number of thiazole rings is 1. The minimum absolute atomic E-state index is 0.0332. The molecule has 0 saturated heterocycles. The Balaban J connectivity index is 2.34. The van der Waals surface area contributed by atoms with Gasteiger partial charge in [0.05, 0.1) is 5.69 Å². The Morgan fingerprint density at radius 3 is 2.19 bits per heavy atom. The van der Waals surface area contributed by atoms with Crippen LogP contribution in [0.4, 0.5) is 17.6 Å². The number of nitrogens with zero attached hydrogens (tertiary/aromatic N) is 2. The van der Waals surface area contributed by atoms with E-state index in [4.69, 9.17) is 0 Å². The van der Waals surface area contributed by atoms with Crippen molar-refractivity contribution in [3.8, 4) is 10.6 Å². The fourth-order valence-electron chi connectivity index (χ4n) is 2.44. The van der Waals surface area contributed by atoms with Crippen molar-refractivity contribution in [3.05, 3.63) is 40.7 Å². The summed E-state index contributed by atoms with van der Waals surface area (Å²) in [6, 6.07) is 5.57. The molecule has 8 heteroatoms. The molecule has 26 heavy (non-hydrogen) atoms. The maximum atomic E-state index is 13.1. The zero-order chi connectivity index (χ0) is 19.7. The fraction of sp³-hybridized carbons (Fsp3) is 0.444. The highest BCUT2D eigenvalue weighted by Gasteiger charge is 2.36. The molecule has 0 spiro atoms. The molecule has 1 aromatic carbocycles. The van der Waals surface area contributed by atoms with Crippen molar-refractivity contribution >= 4 is 17.2 Å². The van der Waals surface area contributed by atoms with Crippen molar-refractivity contribution < 1.29 is 22.4 Å². The molecule has 0 radical (unpaired) electrons. The van der Waals surface area contributed by atoms with Crippen LogP contribution in [0.2, 0.25) is 0 Å². The molecule has 0 aliphatic rings. The van der Waals surface area contributed by atoms with Crippen molar-refractivity contribution in [1.29, 1.82) is 0 Å². The van der Waals surface area contributed by atoms with E-state index >= 15 is 0 Å². The van der Waals surface area contributed by atoms with Crippen LogP contribution in [0.25, 0.3) is 10.6 Å². The summed E-state index contributed by atoms with van der Waals surface area (Å²) in [6.45, 7) is 5.55. The first kappa shape index (κ1) is 20.4. The number of aryl methyl sites for hydroxylation is 1. The number of carbonyl (C=O) groups is 1. The Bertz CT molecular complexity index is 760. The van der Waals surface area contributed by atoms with Crippen molar-refractivity contribution in [2.45, 2.75) is 33.9 Å². The summed E-state index contributed by atoms with van der Waals surface area (Å²) in [7, 11) is 0. The summed E-state index contributed by atoms with van der Waals surface area (Å²) in [6.07, 6.45) is -4.49. The average molecular weight is 388 g/mol. The lowest BCUT2D eigenvalue weighted by molar-refractivity contribution is -0.142. The first-order chi connectivity index (χ1) is 11.9. The predicted molar refractivity (Wildman–Crippen MR) is 93.7 cm³/mol. The minimum Gasteiger partial charge on any atom is -0.328 e. The van der Waals surface area contributed by atoms with Crippen LogP contribution in [0.5, 0.6) is 0 Å². The number of rotatable bonds is 4. The highest BCUT2D eigenvalue weighted by molar-refractivity contribution is 7.17. The number of aromatic nitrogens is 1. The van der Waals surface area contributed by atoms with E-state index in [1.54, 1.807) is 27.7 Å². The Labute approximate surface area is 153 Å². The second kappa shape index (κ2) is 7.34. The predicted octanol–water partition coefficient (Wildman–Crippen LogP) is 5.31. The molecule has 0 atom stereocenters. The van der Waals surface area contributed by atoms with Gasteiger partial charge in [0.25, 0.3) is 5.91 Å². The van der Waals surface area contributed by atoms with Gasteiger partial charge >= 0.3 is 6.18 Å². The molecule has 0 aliphatic carbocycles. The van der Waals surface area contributed by atoms with E-state index in [2.05, 4.69) is 4.98 Å². The van der Waals surface area contributed by atoms with Gasteiger partial charge in [-0.05, 0) is 36.6 Å². The summed E-state index contributed by atoms with van der Waals surface area (Å²) in [5, 5.41) is 0.466. The van der Waals surface area contributed by atoms with Crippen LogP contribution in [0, 0.1) is 18.2 Å². The summed E-state index contributed by atoms with van der Waals surface area (Å²) in [5.74, 6) is -1.10.